The van der Waals surface area contributed by atoms with Crippen molar-refractivity contribution >= 4 is 23.2 Å². The molecule has 7 nitrogen and oxygen atoms in total. The van der Waals surface area contributed by atoms with Crippen LogP contribution in [0.25, 0.3) is 0 Å². The number of hydrogen-bond acceptors (Lipinski definition) is 4. The molecule has 1 N–H and O–H groups in total. The van der Waals surface area contributed by atoms with Crippen LogP contribution in [0.5, 0.6) is 0 Å². The van der Waals surface area contributed by atoms with Gasteiger partial charge in [0.05, 0.1) is 23.2 Å². The fourth-order valence-electron chi connectivity index (χ4n) is 3.95. The number of aromatic nitrogens is 2. The average molecular weight is 396 g/mol. The van der Waals surface area contributed by atoms with E-state index in [0.29, 0.717) is 29.3 Å². The lowest BCUT2D eigenvalue weighted by atomic mass is 9.85. The highest BCUT2D eigenvalue weighted by molar-refractivity contribution is 6.09. The van der Waals surface area contributed by atoms with Crippen LogP contribution in [0, 0.1) is 20.8 Å². The van der Waals surface area contributed by atoms with Crippen LogP contribution in [0.3, 0.4) is 0 Å². The lowest BCUT2D eigenvalue weighted by Crippen LogP contribution is -2.36. The molecule has 0 radical (unpaired) electrons. The van der Waals surface area contributed by atoms with Crippen LogP contribution in [-0.4, -0.2) is 27.9 Å². The monoisotopic (exact) mass is 396 g/mol. The summed E-state index contributed by atoms with van der Waals surface area (Å²) in [6.45, 7) is 11.8. The summed E-state index contributed by atoms with van der Waals surface area (Å²) in [6.07, 6.45) is 0.0162. The van der Waals surface area contributed by atoms with Crippen LogP contribution in [0.4, 0.5) is 11.4 Å². The molecule has 3 rings (SSSR count). The third-order valence-corrected chi connectivity index (χ3v) is 5.79. The summed E-state index contributed by atoms with van der Waals surface area (Å²) in [7, 11) is 1.66. The Hall–Kier alpha value is -2.96. The van der Waals surface area contributed by atoms with Gasteiger partial charge in [-0.05, 0) is 64.8 Å². The molecule has 0 spiro atoms. The van der Waals surface area contributed by atoms with Gasteiger partial charge in [-0.25, -0.2) is 4.98 Å². The molecule has 29 heavy (non-hydrogen) atoms. The SMILES string of the molecule is CCN1C(=O)C(C)(C)c2cc(NC(=O)Cc3nc(C)n(C)c(=O)c3C)cc(C)c21. The molecular formula is C22H28N4O3. The predicted octanol–water partition coefficient (Wildman–Crippen LogP) is 2.53. The van der Waals surface area contributed by atoms with Crippen molar-refractivity contribution in [2.45, 2.75) is 53.4 Å². The van der Waals surface area contributed by atoms with Gasteiger partial charge >= 0.3 is 0 Å². The van der Waals surface area contributed by atoms with Crippen molar-refractivity contribution in [3.8, 4) is 0 Å². The summed E-state index contributed by atoms with van der Waals surface area (Å²) in [5.41, 5.74) is 3.60. The first-order chi connectivity index (χ1) is 13.5. The van der Waals surface area contributed by atoms with E-state index in [9.17, 15) is 14.4 Å². The number of likely N-dealkylation sites (N-methyl/N-ethyl adjacent to an activating group) is 1. The molecular weight excluding hydrogens is 368 g/mol. The van der Waals surface area contributed by atoms with E-state index < -0.39 is 5.41 Å². The van der Waals surface area contributed by atoms with Crippen LogP contribution >= 0.6 is 0 Å². The fourth-order valence-corrected chi connectivity index (χ4v) is 3.95. The number of anilines is 2. The standard InChI is InChI=1S/C22H28N4O3/c1-8-26-19-12(2)9-15(10-16(19)22(5,6)21(26)29)24-18(27)11-17-13(3)20(28)25(7)14(4)23-17/h9-10H,8,11H2,1-7H3,(H,24,27). The number of fused-ring (bicyclic) bond motifs is 1. The Balaban J connectivity index is 1.90. The van der Waals surface area contributed by atoms with Crippen molar-refractivity contribution in [2.24, 2.45) is 7.05 Å². The highest BCUT2D eigenvalue weighted by Crippen LogP contribution is 2.44. The molecule has 0 bridgehead atoms. The van der Waals surface area contributed by atoms with Gasteiger partial charge < -0.3 is 10.2 Å². The summed E-state index contributed by atoms with van der Waals surface area (Å²) in [6, 6.07) is 3.76. The average Bonchev–Trinajstić information content (AvgIpc) is 2.84. The van der Waals surface area contributed by atoms with Gasteiger partial charge in [-0.2, -0.15) is 0 Å². The van der Waals surface area contributed by atoms with Crippen molar-refractivity contribution in [3.63, 3.8) is 0 Å². The van der Waals surface area contributed by atoms with Gasteiger partial charge in [-0.15, -0.1) is 0 Å². The number of carbonyl (C=O) groups is 2. The molecule has 7 heteroatoms. The largest absolute Gasteiger partial charge is 0.326 e. The highest BCUT2D eigenvalue weighted by Gasteiger charge is 2.44. The lowest BCUT2D eigenvalue weighted by molar-refractivity contribution is -0.122. The first-order valence-electron chi connectivity index (χ1n) is 9.79. The van der Waals surface area contributed by atoms with Gasteiger partial charge in [0.25, 0.3) is 5.56 Å². The molecule has 1 aliphatic rings. The number of rotatable bonds is 4. The van der Waals surface area contributed by atoms with Gasteiger partial charge in [0.15, 0.2) is 0 Å². The molecule has 1 aromatic carbocycles. The lowest BCUT2D eigenvalue weighted by Gasteiger charge is -2.18. The topological polar surface area (TPSA) is 84.3 Å². The van der Waals surface area contributed by atoms with E-state index in [1.165, 1.54) is 4.57 Å². The number of nitrogens with zero attached hydrogens (tertiary/aromatic N) is 3. The Morgan fingerprint density at radius 1 is 1.17 bits per heavy atom. The Morgan fingerprint density at radius 3 is 2.45 bits per heavy atom. The molecule has 0 atom stereocenters. The van der Waals surface area contributed by atoms with Crippen LogP contribution in [0.15, 0.2) is 16.9 Å². The van der Waals surface area contributed by atoms with Crippen molar-refractivity contribution < 1.29 is 9.59 Å². The summed E-state index contributed by atoms with van der Waals surface area (Å²) in [4.78, 5) is 43.9. The van der Waals surface area contributed by atoms with Gasteiger partial charge in [-0.1, -0.05) is 0 Å². The number of aryl methyl sites for hydroxylation is 2. The number of carbonyl (C=O) groups excluding carboxylic acids is 2. The number of hydrogen-bond donors (Lipinski definition) is 1. The van der Waals surface area contributed by atoms with Crippen molar-refractivity contribution in [2.75, 3.05) is 16.8 Å². The van der Waals surface area contributed by atoms with Crippen molar-refractivity contribution in [1.82, 2.24) is 9.55 Å². The summed E-state index contributed by atoms with van der Waals surface area (Å²) in [5, 5.41) is 2.91. The second kappa shape index (κ2) is 7.13. The van der Waals surface area contributed by atoms with E-state index in [1.807, 2.05) is 39.8 Å². The van der Waals surface area contributed by atoms with Gasteiger partial charge in [0.1, 0.15) is 5.82 Å². The van der Waals surface area contributed by atoms with Crippen LogP contribution in [-0.2, 0) is 28.5 Å². The molecule has 154 valence electrons. The van der Waals surface area contributed by atoms with Gasteiger partial charge in [-0.3, -0.25) is 19.0 Å². The fraction of sp³-hybridized carbons (Fsp3) is 0.455. The summed E-state index contributed by atoms with van der Waals surface area (Å²) in [5.74, 6) is 0.385. The normalized spacial score (nSPS) is 14.9. The maximum Gasteiger partial charge on any atom is 0.256 e. The molecule has 2 amide bonds. The Labute approximate surface area is 170 Å². The molecule has 2 aromatic rings. The molecule has 0 fully saturated rings. The Bertz CT molecular complexity index is 1080. The van der Waals surface area contributed by atoms with E-state index in [4.69, 9.17) is 0 Å². The molecule has 2 heterocycles. The first-order valence-corrected chi connectivity index (χ1v) is 9.79. The second-order valence-electron chi connectivity index (χ2n) is 8.18. The van der Waals surface area contributed by atoms with Crippen LogP contribution in [0.1, 0.15) is 49.0 Å². The van der Waals surface area contributed by atoms with Crippen LogP contribution in [0.2, 0.25) is 0 Å². The van der Waals surface area contributed by atoms with Crippen molar-refractivity contribution in [3.05, 3.63) is 50.7 Å². The molecule has 0 aliphatic carbocycles. The third-order valence-electron chi connectivity index (χ3n) is 5.79. The molecule has 0 saturated heterocycles. The number of nitrogens with one attached hydrogen (secondary N) is 1. The highest BCUT2D eigenvalue weighted by atomic mass is 16.2. The van der Waals surface area contributed by atoms with Gasteiger partial charge in [0, 0.05) is 24.8 Å². The molecule has 0 unspecified atom stereocenters. The Kier molecular flexibility index (Phi) is 5.11. The maximum atomic E-state index is 12.8. The number of amides is 2. The molecule has 1 aliphatic heterocycles. The quantitative estimate of drug-likeness (QED) is 0.861. The minimum Gasteiger partial charge on any atom is -0.326 e. The summed E-state index contributed by atoms with van der Waals surface area (Å²) >= 11 is 0. The zero-order valence-electron chi connectivity index (χ0n) is 18.1. The van der Waals surface area contributed by atoms with Gasteiger partial charge in [0.2, 0.25) is 11.8 Å². The van der Waals surface area contributed by atoms with E-state index in [-0.39, 0.29) is 23.8 Å². The van der Waals surface area contributed by atoms with Crippen molar-refractivity contribution in [1.29, 1.82) is 0 Å². The Morgan fingerprint density at radius 2 is 1.83 bits per heavy atom. The molecule has 0 saturated carbocycles. The predicted molar refractivity (Wildman–Crippen MR) is 114 cm³/mol. The third kappa shape index (κ3) is 3.34. The molecule has 1 aromatic heterocycles. The van der Waals surface area contributed by atoms with E-state index in [2.05, 4.69) is 10.3 Å². The maximum absolute atomic E-state index is 12.8. The minimum absolute atomic E-state index is 0.0162. The zero-order chi connectivity index (χ0) is 21.7. The van der Waals surface area contributed by atoms with Crippen LogP contribution < -0.4 is 15.8 Å². The van der Waals surface area contributed by atoms with E-state index >= 15 is 0 Å². The zero-order valence-corrected chi connectivity index (χ0v) is 18.1. The van der Waals surface area contributed by atoms with E-state index in [0.717, 1.165) is 16.8 Å². The second-order valence-corrected chi connectivity index (χ2v) is 8.18. The van der Waals surface area contributed by atoms with E-state index in [1.54, 1.807) is 25.8 Å². The summed E-state index contributed by atoms with van der Waals surface area (Å²) < 4.78 is 1.47. The first kappa shape index (κ1) is 20.8. The minimum atomic E-state index is -0.641. The smallest absolute Gasteiger partial charge is 0.256 e. The number of benzene rings is 1.